The molecule has 0 radical (unpaired) electrons. The summed E-state index contributed by atoms with van der Waals surface area (Å²) < 4.78 is 1.49. The van der Waals surface area contributed by atoms with Gasteiger partial charge in [-0.05, 0) is 23.8 Å². The molecule has 1 amide bonds. The van der Waals surface area contributed by atoms with Crippen molar-refractivity contribution in [2.45, 2.75) is 32.8 Å². The van der Waals surface area contributed by atoms with E-state index in [1.165, 1.54) is 4.68 Å². The zero-order valence-electron chi connectivity index (χ0n) is 12.6. The van der Waals surface area contributed by atoms with Gasteiger partial charge in [0, 0.05) is 16.5 Å². The molecule has 0 saturated heterocycles. The molecule has 0 unspecified atom stereocenters. The molecule has 0 saturated carbocycles. The molecule has 118 valence electrons. The van der Waals surface area contributed by atoms with Crippen molar-refractivity contribution in [3.8, 4) is 5.69 Å². The highest BCUT2D eigenvalue weighted by Gasteiger charge is 2.21. The fourth-order valence-electron chi connectivity index (χ4n) is 1.96. The zero-order valence-corrected chi connectivity index (χ0v) is 13.3. The molecule has 6 nitrogen and oxygen atoms in total. The average molecular weight is 324 g/mol. The van der Waals surface area contributed by atoms with E-state index in [0.29, 0.717) is 22.1 Å². The van der Waals surface area contributed by atoms with Crippen molar-refractivity contribution < 1.29 is 15.0 Å². The SMILES string of the molecule is CC(C)(C)c1cc(NC(=O)O)n(-c2ccc(Cl)c(CO)c2)n1. The first-order valence-corrected chi connectivity index (χ1v) is 7.10. The molecule has 7 heteroatoms. The van der Waals surface area contributed by atoms with Gasteiger partial charge < -0.3 is 10.2 Å². The maximum atomic E-state index is 11.0. The van der Waals surface area contributed by atoms with Crippen LogP contribution in [0.5, 0.6) is 0 Å². The number of anilines is 1. The summed E-state index contributed by atoms with van der Waals surface area (Å²) in [6, 6.07) is 6.73. The third kappa shape index (κ3) is 3.40. The molecule has 0 bridgehead atoms. The molecule has 0 spiro atoms. The van der Waals surface area contributed by atoms with Crippen molar-refractivity contribution in [2.75, 3.05) is 5.32 Å². The van der Waals surface area contributed by atoms with Crippen molar-refractivity contribution in [3.05, 3.63) is 40.5 Å². The van der Waals surface area contributed by atoms with Crippen LogP contribution >= 0.6 is 11.6 Å². The minimum Gasteiger partial charge on any atom is -0.465 e. The van der Waals surface area contributed by atoms with Crippen molar-refractivity contribution in [3.63, 3.8) is 0 Å². The number of nitrogens with zero attached hydrogens (tertiary/aromatic N) is 2. The van der Waals surface area contributed by atoms with Crippen LogP contribution in [0.25, 0.3) is 5.69 Å². The van der Waals surface area contributed by atoms with Crippen LogP contribution in [0, 0.1) is 0 Å². The lowest BCUT2D eigenvalue weighted by Gasteiger charge is -2.14. The van der Waals surface area contributed by atoms with E-state index in [1.807, 2.05) is 20.8 Å². The number of halogens is 1. The van der Waals surface area contributed by atoms with Crippen LogP contribution in [0.3, 0.4) is 0 Å². The molecule has 3 N–H and O–H groups in total. The summed E-state index contributed by atoms with van der Waals surface area (Å²) in [5, 5.41) is 25.6. The van der Waals surface area contributed by atoms with Crippen LogP contribution in [-0.4, -0.2) is 26.1 Å². The second kappa shape index (κ2) is 5.98. The summed E-state index contributed by atoms with van der Waals surface area (Å²) in [6.07, 6.45) is -1.17. The first-order valence-electron chi connectivity index (χ1n) is 6.72. The van der Waals surface area contributed by atoms with Crippen LogP contribution in [0.2, 0.25) is 5.02 Å². The van der Waals surface area contributed by atoms with Crippen LogP contribution < -0.4 is 5.32 Å². The molecule has 0 fully saturated rings. The number of carbonyl (C=O) groups is 1. The van der Waals surface area contributed by atoms with E-state index >= 15 is 0 Å². The van der Waals surface area contributed by atoms with E-state index in [9.17, 15) is 9.90 Å². The van der Waals surface area contributed by atoms with E-state index in [0.717, 1.165) is 5.69 Å². The Hall–Kier alpha value is -2.05. The molecule has 0 atom stereocenters. The highest BCUT2D eigenvalue weighted by Crippen LogP contribution is 2.28. The largest absolute Gasteiger partial charge is 0.465 e. The Balaban J connectivity index is 2.57. The van der Waals surface area contributed by atoms with Crippen molar-refractivity contribution in [1.82, 2.24) is 9.78 Å². The molecule has 2 rings (SSSR count). The maximum Gasteiger partial charge on any atom is 0.410 e. The fourth-order valence-corrected chi connectivity index (χ4v) is 2.13. The number of amides is 1. The molecule has 0 aliphatic carbocycles. The topological polar surface area (TPSA) is 87.4 Å². The second-order valence-corrected chi connectivity index (χ2v) is 6.35. The number of rotatable bonds is 3. The molecule has 1 aromatic heterocycles. The van der Waals surface area contributed by atoms with E-state index in [4.69, 9.17) is 16.7 Å². The standard InChI is InChI=1S/C15H18ClN3O3/c1-15(2,3)12-7-13(17-14(21)22)19(18-12)10-4-5-11(16)9(6-10)8-20/h4-7,17,20H,8H2,1-3H3,(H,21,22). The van der Waals surface area contributed by atoms with Crippen molar-refractivity contribution in [2.24, 2.45) is 0 Å². The molecule has 22 heavy (non-hydrogen) atoms. The highest BCUT2D eigenvalue weighted by atomic mass is 35.5. The number of aliphatic hydroxyl groups is 1. The van der Waals surface area contributed by atoms with Crippen LogP contribution in [0.15, 0.2) is 24.3 Å². The number of aromatic nitrogens is 2. The first kappa shape index (κ1) is 16.3. The Morgan fingerprint density at radius 1 is 1.36 bits per heavy atom. The van der Waals surface area contributed by atoms with Crippen LogP contribution in [0.4, 0.5) is 10.6 Å². The smallest absolute Gasteiger partial charge is 0.410 e. The van der Waals surface area contributed by atoms with Crippen molar-refractivity contribution in [1.29, 1.82) is 0 Å². The molecule has 1 heterocycles. The summed E-state index contributed by atoms with van der Waals surface area (Å²) in [4.78, 5) is 11.0. The molecule has 1 aromatic carbocycles. The van der Waals surface area contributed by atoms with E-state index in [-0.39, 0.29) is 12.0 Å². The number of aliphatic hydroxyl groups excluding tert-OH is 1. The first-order chi connectivity index (χ1) is 10.2. The Kier molecular flexibility index (Phi) is 4.44. The summed E-state index contributed by atoms with van der Waals surface area (Å²) in [6.45, 7) is 5.77. The van der Waals surface area contributed by atoms with Gasteiger partial charge in [0.1, 0.15) is 5.82 Å². The number of carboxylic acid groups (broad SMARTS) is 1. The molecular weight excluding hydrogens is 306 g/mol. The summed E-state index contributed by atoms with van der Waals surface area (Å²) >= 11 is 5.99. The average Bonchev–Trinajstić information content (AvgIpc) is 2.82. The minimum absolute atomic E-state index is 0.207. The van der Waals surface area contributed by atoms with Gasteiger partial charge >= 0.3 is 6.09 Å². The Morgan fingerprint density at radius 3 is 2.59 bits per heavy atom. The predicted molar refractivity (Wildman–Crippen MR) is 84.8 cm³/mol. The van der Waals surface area contributed by atoms with Gasteiger partial charge in [-0.3, -0.25) is 5.32 Å². The fraction of sp³-hybridized carbons (Fsp3) is 0.333. The number of nitrogens with one attached hydrogen (secondary N) is 1. The summed E-state index contributed by atoms with van der Waals surface area (Å²) in [5.41, 5.74) is 1.68. The maximum absolute atomic E-state index is 11.0. The van der Waals surface area contributed by atoms with Gasteiger partial charge in [0.05, 0.1) is 18.0 Å². The van der Waals surface area contributed by atoms with Gasteiger partial charge in [-0.1, -0.05) is 32.4 Å². The highest BCUT2D eigenvalue weighted by molar-refractivity contribution is 6.31. The van der Waals surface area contributed by atoms with E-state index < -0.39 is 6.09 Å². The van der Waals surface area contributed by atoms with Crippen LogP contribution in [-0.2, 0) is 12.0 Å². The molecule has 0 aliphatic heterocycles. The number of benzene rings is 1. The third-order valence-corrected chi connectivity index (χ3v) is 3.53. The van der Waals surface area contributed by atoms with Gasteiger partial charge in [0.25, 0.3) is 0 Å². The van der Waals surface area contributed by atoms with E-state index in [1.54, 1.807) is 24.3 Å². The Labute approximate surface area is 133 Å². The predicted octanol–water partition coefficient (Wildman–Crippen LogP) is 3.41. The Bertz CT molecular complexity index is 705. The Morgan fingerprint density at radius 2 is 2.05 bits per heavy atom. The lowest BCUT2D eigenvalue weighted by molar-refractivity contribution is 0.209. The third-order valence-electron chi connectivity index (χ3n) is 3.16. The van der Waals surface area contributed by atoms with Crippen LogP contribution in [0.1, 0.15) is 32.0 Å². The van der Waals surface area contributed by atoms with Gasteiger partial charge in [0.2, 0.25) is 0 Å². The summed E-state index contributed by atoms with van der Waals surface area (Å²) in [5.74, 6) is 0.337. The van der Waals surface area contributed by atoms with Gasteiger partial charge in [-0.15, -0.1) is 0 Å². The summed E-state index contributed by atoms with van der Waals surface area (Å²) in [7, 11) is 0. The molecule has 2 aromatic rings. The normalized spacial score (nSPS) is 11.5. The quantitative estimate of drug-likeness (QED) is 0.807. The second-order valence-electron chi connectivity index (χ2n) is 5.94. The van der Waals surface area contributed by atoms with Gasteiger partial charge in [-0.25, -0.2) is 9.48 Å². The lowest BCUT2D eigenvalue weighted by Crippen LogP contribution is -2.13. The number of hydrogen-bond acceptors (Lipinski definition) is 3. The van der Waals surface area contributed by atoms with E-state index in [2.05, 4.69) is 10.4 Å². The zero-order chi connectivity index (χ0) is 16.5. The van der Waals surface area contributed by atoms with Gasteiger partial charge in [0.15, 0.2) is 0 Å². The van der Waals surface area contributed by atoms with Gasteiger partial charge in [-0.2, -0.15) is 5.10 Å². The minimum atomic E-state index is -1.17. The molecular formula is C15H18ClN3O3. The van der Waals surface area contributed by atoms with Crippen molar-refractivity contribution >= 4 is 23.5 Å². The number of hydrogen-bond donors (Lipinski definition) is 3. The monoisotopic (exact) mass is 323 g/mol. The molecule has 0 aliphatic rings. The lowest BCUT2D eigenvalue weighted by atomic mass is 9.92.